The van der Waals surface area contributed by atoms with Crippen LogP contribution in [-0.2, 0) is 9.47 Å². The molecule has 0 spiro atoms. The Kier molecular flexibility index (Phi) is 7.50. The van der Waals surface area contributed by atoms with E-state index < -0.39 is 0 Å². The zero-order chi connectivity index (χ0) is 10.9. The molecule has 3 heteroatoms. The van der Waals surface area contributed by atoms with E-state index in [9.17, 15) is 0 Å². The van der Waals surface area contributed by atoms with Crippen LogP contribution in [0.1, 0.15) is 20.3 Å². The van der Waals surface area contributed by atoms with Gasteiger partial charge in [0.2, 0.25) is 0 Å². The van der Waals surface area contributed by atoms with E-state index in [4.69, 9.17) is 15.9 Å². The third-order valence-corrected chi connectivity index (χ3v) is 1.81. The topological polar surface area (TPSA) is 30.5 Å². The van der Waals surface area contributed by atoms with Crippen molar-refractivity contribution in [3.05, 3.63) is 0 Å². The van der Waals surface area contributed by atoms with Crippen molar-refractivity contribution < 1.29 is 9.47 Å². The first-order valence-electron chi connectivity index (χ1n) is 4.92. The lowest BCUT2D eigenvalue weighted by atomic mass is 10.1. The number of terminal acetylenes is 1. The largest absolute Gasteiger partial charge is 0.385 e. The molecule has 1 N–H and O–H groups in total. The quantitative estimate of drug-likeness (QED) is 0.468. The van der Waals surface area contributed by atoms with E-state index in [1.807, 2.05) is 13.8 Å². The lowest BCUT2D eigenvalue weighted by Gasteiger charge is -2.19. The predicted octanol–water partition coefficient (Wildman–Crippen LogP) is 1.04. The molecule has 0 rings (SSSR count). The molecule has 14 heavy (non-hydrogen) atoms. The Labute approximate surface area is 87.2 Å². The maximum absolute atomic E-state index is 5.36. The maximum atomic E-state index is 5.36. The Morgan fingerprint density at radius 3 is 2.57 bits per heavy atom. The Morgan fingerprint density at radius 2 is 2.00 bits per heavy atom. The van der Waals surface area contributed by atoms with E-state index in [0.717, 1.165) is 26.2 Å². The summed E-state index contributed by atoms with van der Waals surface area (Å²) in [4.78, 5) is 0. The molecule has 3 nitrogen and oxygen atoms in total. The molecule has 0 bridgehead atoms. The van der Waals surface area contributed by atoms with Gasteiger partial charge in [-0.1, -0.05) is 5.92 Å². The minimum atomic E-state index is -0.240. The molecule has 0 aliphatic carbocycles. The van der Waals surface area contributed by atoms with Gasteiger partial charge in [-0.15, -0.1) is 6.42 Å². The van der Waals surface area contributed by atoms with Crippen molar-refractivity contribution in [3.63, 3.8) is 0 Å². The molecule has 0 aromatic heterocycles. The second-order valence-corrected chi connectivity index (χ2v) is 3.65. The first-order valence-corrected chi connectivity index (χ1v) is 4.92. The van der Waals surface area contributed by atoms with Gasteiger partial charge >= 0.3 is 0 Å². The summed E-state index contributed by atoms with van der Waals surface area (Å²) in [6.07, 6.45) is 6.26. The molecular weight excluding hydrogens is 178 g/mol. The number of methoxy groups -OCH3 is 1. The summed E-state index contributed by atoms with van der Waals surface area (Å²) in [5.41, 5.74) is -0.240. The minimum absolute atomic E-state index is 0.240. The van der Waals surface area contributed by atoms with Gasteiger partial charge in [-0.05, 0) is 20.3 Å². The van der Waals surface area contributed by atoms with E-state index in [-0.39, 0.29) is 5.54 Å². The average molecular weight is 199 g/mol. The van der Waals surface area contributed by atoms with Gasteiger partial charge < -0.3 is 9.47 Å². The van der Waals surface area contributed by atoms with E-state index in [1.165, 1.54) is 0 Å². The zero-order valence-corrected chi connectivity index (χ0v) is 9.43. The number of rotatable bonds is 8. The summed E-state index contributed by atoms with van der Waals surface area (Å²) in [5, 5.41) is 3.21. The second kappa shape index (κ2) is 7.81. The summed E-state index contributed by atoms with van der Waals surface area (Å²) < 4.78 is 10.3. The highest BCUT2D eigenvalue weighted by Gasteiger charge is 2.10. The van der Waals surface area contributed by atoms with E-state index in [2.05, 4.69) is 11.2 Å². The van der Waals surface area contributed by atoms with Gasteiger partial charge in [0.15, 0.2) is 0 Å². The van der Waals surface area contributed by atoms with Crippen molar-refractivity contribution in [1.29, 1.82) is 0 Å². The third-order valence-electron chi connectivity index (χ3n) is 1.81. The zero-order valence-electron chi connectivity index (χ0n) is 9.43. The number of hydrogen-bond acceptors (Lipinski definition) is 3. The lowest BCUT2D eigenvalue weighted by Crippen LogP contribution is -2.39. The smallest absolute Gasteiger partial charge is 0.0742 e. The van der Waals surface area contributed by atoms with Crippen LogP contribution in [0.2, 0.25) is 0 Å². The van der Waals surface area contributed by atoms with Crippen molar-refractivity contribution in [1.82, 2.24) is 5.32 Å². The Morgan fingerprint density at radius 1 is 1.29 bits per heavy atom. The van der Waals surface area contributed by atoms with Gasteiger partial charge in [0, 0.05) is 26.9 Å². The first kappa shape index (κ1) is 13.4. The standard InChI is InChI=1S/C11H21NO2/c1-5-11(2,3)12-7-10-14-9-6-8-13-4/h1,12H,6-10H2,2-4H3. The van der Waals surface area contributed by atoms with Crippen LogP contribution in [-0.4, -0.2) is 39.0 Å². The molecule has 0 aliphatic rings. The van der Waals surface area contributed by atoms with Gasteiger partial charge in [0.05, 0.1) is 12.1 Å². The molecule has 0 fully saturated rings. The monoisotopic (exact) mass is 199 g/mol. The van der Waals surface area contributed by atoms with Crippen LogP contribution >= 0.6 is 0 Å². The maximum Gasteiger partial charge on any atom is 0.0742 e. The van der Waals surface area contributed by atoms with Gasteiger partial charge in [0.25, 0.3) is 0 Å². The Hall–Kier alpha value is -0.560. The Balaban J connectivity index is 3.18. The number of ether oxygens (including phenoxy) is 2. The minimum Gasteiger partial charge on any atom is -0.385 e. The van der Waals surface area contributed by atoms with Crippen LogP contribution in [0.15, 0.2) is 0 Å². The molecule has 0 saturated heterocycles. The molecule has 0 unspecified atom stereocenters. The van der Waals surface area contributed by atoms with Gasteiger partial charge in [-0.25, -0.2) is 0 Å². The highest BCUT2D eigenvalue weighted by atomic mass is 16.5. The van der Waals surface area contributed by atoms with Gasteiger partial charge in [0.1, 0.15) is 0 Å². The molecular formula is C11H21NO2. The van der Waals surface area contributed by atoms with Crippen molar-refractivity contribution in [2.45, 2.75) is 25.8 Å². The van der Waals surface area contributed by atoms with Crippen molar-refractivity contribution in [2.75, 3.05) is 33.5 Å². The fourth-order valence-corrected chi connectivity index (χ4v) is 0.894. The summed E-state index contributed by atoms with van der Waals surface area (Å²) in [6.45, 7) is 6.91. The molecule has 0 amide bonds. The molecule has 0 heterocycles. The van der Waals surface area contributed by atoms with Crippen LogP contribution in [0.4, 0.5) is 0 Å². The average Bonchev–Trinajstić information content (AvgIpc) is 2.16. The SMILES string of the molecule is C#CC(C)(C)NCCOCCCOC. The second-order valence-electron chi connectivity index (χ2n) is 3.65. The molecule has 0 radical (unpaired) electrons. The molecule has 0 atom stereocenters. The van der Waals surface area contributed by atoms with Crippen molar-refractivity contribution >= 4 is 0 Å². The summed E-state index contributed by atoms with van der Waals surface area (Å²) in [5.74, 6) is 2.67. The molecule has 0 saturated carbocycles. The van der Waals surface area contributed by atoms with Gasteiger partial charge in [-0.3, -0.25) is 5.32 Å². The summed E-state index contributed by atoms with van der Waals surface area (Å²) in [6, 6.07) is 0. The highest BCUT2D eigenvalue weighted by molar-refractivity contribution is 5.07. The van der Waals surface area contributed by atoms with Crippen LogP contribution < -0.4 is 5.32 Å². The van der Waals surface area contributed by atoms with Crippen LogP contribution in [0.25, 0.3) is 0 Å². The van der Waals surface area contributed by atoms with Crippen molar-refractivity contribution in [2.24, 2.45) is 0 Å². The first-order chi connectivity index (χ1) is 6.62. The molecule has 82 valence electrons. The molecule has 0 aromatic rings. The molecule has 0 aliphatic heterocycles. The fourth-order valence-electron chi connectivity index (χ4n) is 0.894. The number of nitrogens with one attached hydrogen (secondary N) is 1. The Bertz CT molecular complexity index is 173. The third kappa shape index (κ3) is 8.06. The van der Waals surface area contributed by atoms with E-state index in [1.54, 1.807) is 7.11 Å². The van der Waals surface area contributed by atoms with Crippen LogP contribution in [0.3, 0.4) is 0 Å². The van der Waals surface area contributed by atoms with E-state index >= 15 is 0 Å². The van der Waals surface area contributed by atoms with Gasteiger partial charge in [-0.2, -0.15) is 0 Å². The number of hydrogen-bond donors (Lipinski definition) is 1. The summed E-state index contributed by atoms with van der Waals surface area (Å²) in [7, 11) is 1.69. The van der Waals surface area contributed by atoms with Crippen LogP contribution in [0, 0.1) is 12.3 Å². The normalized spacial score (nSPS) is 11.3. The highest BCUT2D eigenvalue weighted by Crippen LogP contribution is 1.97. The fraction of sp³-hybridized carbons (Fsp3) is 0.818. The predicted molar refractivity (Wildman–Crippen MR) is 58.2 cm³/mol. The van der Waals surface area contributed by atoms with Crippen molar-refractivity contribution in [3.8, 4) is 12.3 Å². The van der Waals surface area contributed by atoms with E-state index in [0.29, 0.717) is 6.61 Å². The molecule has 0 aromatic carbocycles. The summed E-state index contributed by atoms with van der Waals surface area (Å²) >= 11 is 0. The lowest BCUT2D eigenvalue weighted by molar-refractivity contribution is 0.102. The van der Waals surface area contributed by atoms with Crippen LogP contribution in [0.5, 0.6) is 0 Å².